The Labute approximate surface area is 264 Å². The van der Waals surface area contributed by atoms with Gasteiger partial charge in [0.1, 0.15) is 5.78 Å². The third-order valence-corrected chi connectivity index (χ3v) is 12.4. The highest BCUT2D eigenvalue weighted by Gasteiger charge is 2.58. The fourth-order valence-electron chi connectivity index (χ4n) is 10.4. The van der Waals surface area contributed by atoms with Crippen LogP contribution in [0.4, 0.5) is 0 Å². The molecule has 3 fully saturated rings. The Balaban J connectivity index is 2.17. The summed E-state index contributed by atoms with van der Waals surface area (Å²) in [5.41, 5.74) is 3.01. The summed E-state index contributed by atoms with van der Waals surface area (Å²) in [7, 11) is 0. The van der Waals surface area contributed by atoms with Gasteiger partial charge in [-0.3, -0.25) is 4.79 Å². The fourth-order valence-corrected chi connectivity index (χ4v) is 10.4. The maximum atomic E-state index is 15.0. The van der Waals surface area contributed by atoms with Crippen LogP contribution in [0.25, 0.3) is 0 Å². The molecule has 42 heavy (non-hydrogen) atoms. The molecule has 0 aromatic carbocycles. The van der Waals surface area contributed by atoms with Gasteiger partial charge in [-0.15, -0.1) is 0 Å². The van der Waals surface area contributed by atoms with Crippen LogP contribution in [-0.2, 0) is 4.79 Å². The minimum Gasteiger partial charge on any atom is -0.299 e. The largest absolute Gasteiger partial charge is 0.299 e. The molecule has 244 valence electrons. The molecule has 1 heteroatoms. The normalized spacial score (nSPS) is 25.9. The van der Waals surface area contributed by atoms with Crippen molar-refractivity contribution in [1.82, 2.24) is 0 Å². The van der Waals surface area contributed by atoms with E-state index in [1.54, 1.807) is 5.57 Å². The molecule has 3 aliphatic carbocycles. The summed E-state index contributed by atoms with van der Waals surface area (Å²) in [5, 5.41) is 0. The summed E-state index contributed by atoms with van der Waals surface area (Å²) < 4.78 is 0. The van der Waals surface area contributed by atoms with E-state index in [0.29, 0.717) is 17.6 Å². The van der Waals surface area contributed by atoms with E-state index >= 15 is 0 Å². The molecule has 3 saturated carbocycles. The molecule has 0 spiro atoms. The van der Waals surface area contributed by atoms with Crippen molar-refractivity contribution in [3.63, 3.8) is 0 Å². The van der Waals surface area contributed by atoms with Crippen molar-refractivity contribution in [3.05, 3.63) is 11.1 Å². The van der Waals surface area contributed by atoms with E-state index in [4.69, 9.17) is 0 Å². The topological polar surface area (TPSA) is 17.1 Å². The summed E-state index contributed by atoms with van der Waals surface area (Å²) in [6.07, 6.45) is 40.9. The molecule has 0 N–H and O–H groups in total. The molecular weight excluding hydrogens is 508 g/mol. The Morgan fingerprint density at radius 3 is 1.12 bits per heavy atom. The Hall–Kier alpha value is -0.590. The van der Waals surface area contributed by atoms with Gasteiger partial charge in [0.2, 0.25) is 0 Å². The number of allylic oxidation sites excluding steroid dienone is 2. The van der Waals surface area contributed by atoms with Crippen molar-refractivity contribution in [2.45, 2.75) is 220 Å². The first kappa shape index (κ1) is 35.9. The SMILES string of the molecule is CC(=O)C(C(=C(C)C)C1CCCCCCCCCC1)(C1CCCCCCCCCC1)C1(C)CCCCCCCCCC1. The van der Waals surface area contributed by atoms with E-state index in [1.165, 1.54) is 198 Å². The summed E-state index contributed by atoms with van der Waals surface area (Å²) in [5.74, 6) is 1.68. The maximum Gasteiger partial charge on any atom is 0.140 e. The standard InChI is InChI=1S/C41H74O/c1-35(2)39(37-29-23-17-11-5-6-12-18-24-30-37)41(36(3)42,38-31-25-19-13-7-8-14-20-26-32-38)40(4)33-27-21-15-9-10-16-22-28-34-40/h37-38H,5-34H2,1-4H3. The number of ketones is 1. The van der Waals surface area contributed by atoms with Crippen molar-refractivity contribution in [1.29, 1.82) is 0 Å². The van der Waals surface area contributed by atoms with Gasteiger partial charge in [0.05, 0.1) is 5.41 Å². The zero-order chi connectivity index (χ0) is 30.1. The minimum atomic E-state index is -0.279. The van der Waals surface area contributed by atoms with Gasteiger partial charge in [-0.25, -0.2) is 0 Å². The molecule has 0 aliphatic heterocycles. The first-order valence-corrected chi connectivity index (χ1v) is 19.6. The average molecular weight is 583 g/mol. The highest BCUT2D eigenvalue weighted by molar-refractivity contribution is 5.87. The Kier molecular flexibility index (Phi) is 16.9. The zero-order valence-corrected chi connectivity index (χ0v) is 29.3. The van der Waals surface area contributed by atoms with Gasteiger partial charge in [-0.05, 0) is 76.5 Å². The number of rotatable bonds is 5. The second kappa shape index (κ2) is 19.7. The average Bonchev–Trinajstić information content (AvgIpc) is 3.09. The van der Waals surface area contributed by atoms with Crippen LogP contribution in [0, 0.1) is 22.7 Å². The summed E-state index contributed by atoms with van der Waals surface area (Å²) in [4.78, 5) is 15.0. The third kappa shape index (κ3) is 10.2. The van der Waals surface area contributed by atoms with Crippen molar-refractivity contribution in [2.75, 3.05) is 0 Å². The predicted molar refractivity (Wildman–Crippen MR) is 185 cm³/mol. The van der Waals surface area contributed by atoms with Crippen LogP contribution < -0.4 is 0 Å². The van der Waals surface area contributed by atoms with Crippen molar-refractivity contribution >= 4 is 5.78 Å². The van der Waals surface area contributed by atoms with Crippen molar-refractivity contribution < 1.29 is 4.79 Å². The lowest BCUT2D eigenvalue weighted by Crippen LogP contribution is -2.54. The van der Waals surface area contributed by atoms with Crippen LogP contribution in [0.5, 0.6) is 0 Å². The summed E-state index contributed by atoms with van der Waals surface area (Å²) in [6, 6.07) is 0. The van der Waals surface area contributed by atoms with Gasteiger partial charge in [0.15, 0.2) is 0 Å². The number of carbonyl (C=O) groups is 1. The molecular formula is C41H74O. The van der Waals surface area contributed by atoms with Gasteiger partial charge < -0.3 is 0 Å². The lowest BCUT2D eigenvalue weighted by Gasteiger charge is -2.56. The van der Waals surface area contributed by atoms with Crippen molar-refractivity contribution in [2.24, 2.45) is 22.7 Å². The van der Waals surface area contributed by atoms with Crippen LogP contribution in [0.3, 0.4) is 0 Å². The molecule has 0 bridgehead atoms. The van der Waals surface area contributed by atoms with Crippen LogP contribution in [-0.4, -0.2) is 5.78 Å². The maximum absolute atomic E-state index is 15.0. The molecule has 1 nitrogen and oxygen atoms in total. The van der Waals surface area contributed by atoms with E-state index in [9.17, 15) is 4.79 Å². The van der Waals surface area contributed by atoms with Gasteiger partial charge in [-0.1, -0.05) is 172 Å². The molecule has 0 aromatic rings. The monoisotopic (exact) mass is 583 g/mol. The van der Waals surface area contributed by atoms with E-state index in [2.05, 4.69) is 27.7 Å². The molecule has 0 amide bonds. The highest BCUT2D eigenvalue weighted by atomic mass is 16.1. The van der Waals surface area contributed by atoms with Crippen molar-refractivity contribution in [3.8, 4) is 0 Å². The Bertz CT molecular complexity index is 736. The van der Waals surface area contributed by atoms with E-state index < -0.39 is 0 Å². The van der Waals surface area contributed by atoms with Crippen LogP contribution in [0.15, 0.2) is 11.1 Å². The predicted octanol–water partition coefficient (Wildman–Crippen LogP) is 13.9. The highest BCUT2D eigenvalue weighted by Crippen LogP contribution is 2.62. The molecule has 0 aromatic heterocycles. The van der Waals surface area contributed by atoms with Gasteiger partial charge in [0.25, 0.3) is 0 Å². The van der Waals surface area contributed by atoms with Crippen LogP contribution in [0.1, 0.15) is 220 Å². The smallest absolute Gasteiger partial charge is 0.140 e. The van der Waals surface area contributed by atoms with Gasteiger partial charge in [-0.2, -0.15) is 0 Å². The molecule has 3 rings (SSSR count). The minimum absolute atomic E-state index is 0.0762. The second-order valence-corrected chi connectivity index (χ2v) is 15.9. The molecule has 3 aliphatic rings. The number of Topliss-reactive ketones (excluding diaryl/α,β-unsaturated/α-hetero) is 1. The summed E-state index contributed by atoms with van der Waals surface area (Å²) in [6.45, 7) is 9.59. The van der Waals surface area contributed by atoms with Crippen LogP contribution >= 0.6 is 0 Å². The first-order valence-electron chi connectivity index (χ1n) is 19.6. The van der Waals surface area contributed by atoms with E-state index in [0.717, 1.165) is 0 Å². The lowest BCUT2D eigenvalue weighted by atomic mass is 9.46. The molecule has 1 unspecified atom stereocenters. The quantitative estimate of drug-likeness (QED) is 0.295. The van der Waals surface area contributed by atoms with Crippen LogP contribution in [0.2, 0.25) is 0 Å². The Morgan fingerprint density at radius 1 is 0.476 bits per heavy atom. The van der Waals surface area contributed by atoms with E-state index in [-0.39, 0.29) is 10.8 Å². The van der Waals surface area contributed by atoms with E-state index in [1.807, 2.05) is 0 Å². The molecule has 0 saturated heterocycles. The second-order valence-electron chi connectivity index (χ2n) is 15.9. The number of hydrogen-bond acceptors (Lipinski definition) is 1. The Morgan fingerprint density at radius 2 is 0.786 bits per heavy atom. The number of hydrogen-bond donors (Lipinski definition) is 0. The first-order chi connectivity index (χ1) is 20.4. The molecule has 0 radical (unpaired) electrons. The lowest BCUT2D eigenvalue weighted by molar-refractivity contribution is -0.139. The zero-order valence-electron chi connectivity index (χ0n) is 29.3. The number of carbonyl (C=O) groups excluding carboxylic acids is 1. The van der Waals surface area contributed by atoms with Gasteiger partial charge >= 0.3 is 0 Å². The third-order valence-electron chi connectivity index (χ3n) is 12.4. The molecule has 1 atom stereocenters. The fraction of sp³-hybridized carbons (Fsp3) is 0.927. The molecule has 0 heterocycles. The summed E-state index contributed by atoms with van der Waals surface area (Å²) >= 11 is 0. The van der Waals surface area contributed by atoms with Gasteiger partial charge in [0, 0.05) is 0 Å².